The second-order valence-electron chi connectivity index (χ2n) is 7.87. The average molecular weight is 609 g/mol. The quantitative estimate of drug-likeness (QED) is 0.0338. The monoisotopic (exact) mass is 608 g/mol. The molecule has 0 aliphatic heterocycles. The smallest absolute Gasteiger partial charge is 0.790 e. The van der Waals surface area contributed by atoms with Gasteiger partial charge in [-0.05, 0) is 84.4 Å². The first-order valence-corrected chi connectivity index (χ1v) is 14.2. The number of carbonyl (C=O) groups is 2. The number of phosphoric ester groups is 1. The van der Waals surface area contributed by atoms with E-state index in [0.29, 0.717) is 6.42 Å². The summed E-state index contributed by atoms with van der Waals surface area (Å²) in [7, 11) is -5.39. The zero-order valence-corrected chi connectivity index (χ0v) is 29.7. The number of rotatable bonds is 16. The molecule has 0 N–H and O–H groups in total. The summed E-state index contributed by atoms with van der Waals surface area (Å²) >= 11 is 0. The maximum absolute atomic E-state index is 12.1. The summed E-state index contributed by atoms with van der Waals surface area (Å²) in [5.74, 6) is 31.4. The fraction of sp³-hybridized carbons (Fsp3) is 0.484. The molecule has 0 unspecified atom stereocenters. The summed E-state index contributed by atoms with van der Waals surface area (Å²) in [6.07, 6.45) is 9.03. The first-order valence-electron chi connectivity index (χ1n) is 12.8. The van der Waals surface area contributed by atoms with Crippen LogP contribution in [-0.2, 0) is 28.2 Å². The fourth-order valence-corrected chi connectivity index (χ4v) is 3.12. The molecule has 8 nitrogen and oxygen atoms in total. The topological polar surface area (TPSA) is 125 Å². The van der Waals surface area contributed by atoms with Crippen LogP contribution in [0.3, 0.4) is 0 Å². The Hall–Kier alpha value is -2.03. The van der Waals surface area contributed by atoms with Crippen LogP contribution in [0.5, 0.6) is 0 Å². The van der Waals surface area contributed by atoms with Gasteiger partial charge in [-0.3, -0.25) is 4.79 Å². The third-order valence-corrected chi connectivity index (χ3v) is 5.05. The molecule has 0 fully saturated rings. The number of phosphoric acid groups is 1. The van der Waals surface area contributed by atoms with E-state index in [9.17, 15) is 23.9 Å². The Morgan fingerprint density at radius 1 is 0.667 bits per heavy atom. The number of carbonyl (C=O) groups excluding carboxylic acids is 2. The van der Waals surface area contributed by atoms with Crippen molar-refractivity contribution in [3.63, 3.8) is 0 Å². The van der Waals surface area contributed by atoms with Crippen molar-refractivity contribution in [1.29, 1.82) is 0 Å². The molecular formula is C31H31Na2O8P. The van der Waals surface area contributed by atoms with Gasteiger partial charge in [0.2, 0.25) is 0 Å². The minimum atomic E-state index is -5.39. The van der Waals surface area contributed by atoms with Crippen LogP contribution in [0, 0.1) is 82.9 Å². The van der Waals surface area contributed by atoms with Gasteiger partial charge in [0.05, 0.1) is 7.82 Å². The summed E-state index contributed by atoms with van der Waals surface area (Å²) in [6.45, 7) is 2.85. The zero-order valence-electron chi connectivity index (χ0n) is 24.8. The van der Waals surface area contributed by atoms with E-state index >= 15 is 0 Å². The number of hydrogen-bond donors (Lipinski definition) is 0. The number of hydrogen-bond acceptors (Lipinski definition) is 8. The van der Waals surface area contributed by atoms with E-state index in [1.54, 1.807) is 6.92 Å². The van der Waals surface area contributed by atoms with Crippen molar-refractivity contribution in [3.8, 4) is 82.9 Å². The summed E-state index contributed by atoms with van der Waals surface area (Å²) in [5, 5.41) is 0. The standard InChI is InChI=1S/C31H33O8P.2Na/c1-3-5-7-9-11-13-15-16-17-19-21-23-25-27-30(33)39-31(28-37-40(34,35)36)38-29(32)26-24-22-20-18-14-12-10-8-6-4-2;;/h31H,4,6,8,10,12,14,18,20,22,24,26,28H2,1-2H3,(H2,34,35,36);;/q;2*+1/p-2/t31-;;/m1../s1. The normalized spacial score (nSPS) is 9.14. The van der Waals surface area contributed by atoms with Gasteiger partial charge in [0.15, 0.2) is 0 Å². The summed E-state index contributed by atoms with van der Waals surface area (Å²) in [5.41, 5.74) is 0. The molecule has 0 aliphatic rings. The van der Waals surface area contributed by atoms with Crippen molar-refractivity contribution in [3.05, 3.63) is 0 Å². The third kappa shape index (κ3) is 34.2. The van der Waals surface area contributed by atoms with Gasteiger partial charge in [-0.2, -0.15) is 0 Å². The Kier molecular flexibility index (Phi) is 33.7. The molecule has 210 valence electrons. The van der Waals surface area contributed by atoms with E-state index in [-0.39, 0.29) is 65.5 Å². The van der Waals surface area contributed by atoms with Crippen LogP contribution >= 0.6 is 7.82 Å². The van der Waals surface area contributed by atoms with Gasteiger partial charge in [-0.1, -0.05) is 70.6 Å². The Labute approximate surface area is 294 Å². The van der Waals surface area contributed by atoms with Gasteiger partial charge >= 0.3 is 71.1 Å². The molecule has 0 saturated heterocycles. The Morgan fingerprint density at radius 2 is 1.10 bits per heavy atom. The Balaban J connectivity index is -0.00000760. The SMILES string of the molecule is CC#CC#CC#CC#CC#CC#CC#CC(=O)O[C@H](COP(=O)([O-])[O-])OC(=O)CCCCCCCCCCCC.[Na+].[Na+]. The number of unbranched alkanes of at least 4 members (excludes halogenated alkanes) is 9. The van der Waals surface area contributed by atoms with E-state index in [1.807, 2.05) is 5.92 Å². The molecule has 0 amide bonds. The van der Waals surface area contributed by atoms with Gasteiger partial charge in [-0.25, -0.2) is 4.79 Å². The zero-order chi connectivity index (χ0) is 29.7. The average Bonchev–Trinajstić information content (AvgIpc) is 2.90. The second kappa shape index (κ2) is 31.9. The number of ether oxygens (including phenoxy) is 2. The van der Waals surface area contributed by atoms with Crippen molar-refractivity contribution in [2.45, 2.75) is 90.8 Å². The van der Waals surface area contributed by atoms with Crippen LogP contribution < -0.4 is 68.9 Å². The van der Waals surface area contributed by atoms with Crippen molar-refractivity contribution in [2.75, 3.05) is 6.61 Å². The molecule has 11 heteroatoms. The molecule has 1 atom stereocenters. The van der Waals surface area contributed by atoms with Crippen LogP contribution in [0.15, 0.2) is 0 Å². The van der Waals surface area contributed by atoms with E-state index in [0.717, 1.165) is 25.7 Å². The first-order chi connectivity index (χ1) is 19.3. The molecule has 0 radical (unpaired) electrons. The second-order valence-corrected chi connectivity index (χ2v) is 9.03. The Bertz CT molecular complexity index is 1300. The molecule has 0 bridgehead atoms. The van der Waals surface area contributed by atoms with Crippen LogP contribution in [-0.4, -0.2) is 24.8 Å². The van der Waals surface area contributed by atoms with Gasteiger partial charge in [-0.15, -0.1) is 0 Å². The summed E-state index contributed by atoms with van der Waals surface area (Å²) in [4.78, 5) is 45.5. The van der Waals surface area contributed by atoms with Crippen LogP contribution in [0.1, 0.15) is 84.5 Å². The largest absolute Gasteiger partial charge is 1.00 e. The first kappa shape index (κ1) is 44.4. The number of esters is 2. The predicted octanol–water partition coefficient (Wildman–Crippen LogP) is -3.39. The van der Waals surface area contributed by atoms with Gasteiger partial charge in [0.1, 0.15) is 6.61 Å². The predicted molar refractivity (Wildman–Crippen MR) is 146 cm³/mol. The Morgan fingerprint density at radius 3 is 1.55 bits per heavy atom. The molecule has 0 aromatic rings. The maximum Gasteiger partial charge on any atom is 1.00 e. The maximum atomic E-state index is 12.1. The molecule has 0 saturated carbocycles. The van der Waals surface area contributed by atoms with Crippen molar-refractivity contribution in [2.24, 2.45) is 0 Å². The third-order valence-electron chi connectivity index (χ3n) is 4.58. The van der Waals surface area contributed by atoms with Crippen LogP contribution in [0.4, 0.5) is 0 Å². The van der Waals surface area contributed by atoms with E-state index in [2.05, 4.69) is 88.4 Å². The van der Waals surface area contributed by atoms with Crippen molar-refractivity contribution < 1.29 is 97.1 Å². The molecule has 0 spiro atoms. The van der Waals surface area contributed by atoms with Crippen molar-refractivity contribution >= 4 is 19.8 Å². The van der Waals surface area contributed by atoms with Gasteiger partial charge < -0.3 is 28.3 Å². The molecule has 0 aromatic heterocycles. The molecule has 0 rings (SSSR count). The molecule has 0 aromatic carbocycles. The molecule has 0 aliphatic carbocycles. The van der Waals surface area contributed by atoms with Crippen LogP contribution in [0.25, 0.3) is 0 Å². The molecule has 42 heavy (non-hydrogen) atoms. The van der Waals surface area contributed by atoms with Crippen molar-refractivity contribution in [1.82, 2.24) is 0 Å². The molecule has 0 heterocycles. The minimum Gasteiger partial charge on any atom is -0.790 e. The van der Waals surface area contributed by atoms with E-state index < -0.39 is 32.7 Å². The van der Waals surface area contributed by atoms with Gasteiger partial charge in [0, 0.05) is 12.3 Å². The van der Waals surface area contributed by atoms with E-state index in [4.69, 9.17) is 9.47 Å². The minimum absolute atomic E-state index is 0. The summed E-state index contributed by atoms with van der Waals surface area (Å²) < 4.78 is 24.6. The fourth-order valence-electron chi connectivity index (χ4n) is 2.81. The molecular weight excluding hydrogens is 577 g/mol. The van der Waals surface area contributed by atoms with Gasteiger partial charge in [0.25, 0.3) is 6.29 Å². The van der Waals surface area contributed by atoms with E-state index in [1.165, 1.54) is 32.1 Å². The van der Waals surface area contributed by atoms with Crippen LogP contribution in [0.2, 0.25) is 0 Å². The summed E-state index contributed by atoms with van der Waals surface area (Å²) in [6, 6.07) is 0.